The number of hydrogen-bond acceptors (Lipinski definition) is 3. The maximum absolute atomic E-state index is 5.72. The fourth-order valence-corrected chi connectivity index (χ4v) is 2.21. The molecule has 0 saturated carbocycles. The van der Waals surface area contributed by atoms with Crippen molar-refractivity contribution in [3.8, 4) is 5.75 Å². The molecule has 1 aromatic carbocycles. The van der Waals surface area contributed by atoms with Gasteiger partial charge in [0.15, 0.2) is 0 Å². The molecular weight excluding hydrogens is 306 g/mol. The summed E-state index contributed by atoms with van der Waals surface area (Å²) in [4.78, 5) is 0. The topological polar surface area (TPSA) is 30.5 Å². The number of hydrogen-bond donors (Lipinski definition) is 1. The molecule has 4 heteroatoms. The second kappa shape index (κ2) is 10.2. The Morgan fingerprint density at radius 2 is 2.05 bits per heavy atom. The van der Waals surface area contributed by atoms with Crippen molar-refractivity contribution in [1.82, 2.24) is 5.32 Å². The highest BCUT2D eigenvalue weighted by Crippen LogP contribution is 2.26. The Morgan fingerprint density at radius 3 is 2.74 bits per heavy atom. The molecule has 1 N–H and O–H groups in total. The third-order valence-corrected chi connectivity index (χ3v) is 3.27. The monoisotopic (exact) mass is 329 g/mol. The van der Waals surface area contributed by atoms with Crippen LogP contribution in [0.25, 0.3) is 0 Å². The zero-order valence-electron chi connectivity index (χ0n) is 11.9. The van der Waals surface area contributed by atoms with Crippen molar-refractivity contribution in [3.63, 3.8) is 0 Å². The normalized spacial score (nSPS) is 10.7. The summed E-state index contributed by atoms with van der Waals surface area (Å²) in [7, 11) is 0. The van der Waals surface area contributed by atoms with Gasteiger partial charge in [-0.05, 0) is 53.5 Å². The summed E-state index contributed by atoms with van der Waals surface area (Å²) in [5.41, 5.74) is 1.27. The van der Waals surface area contributed by atoms with Crippen molar-refractivity contribution in [2.45, 2.75) is 33.2 Å². The van der Waals surface area contributed by atoms with Crippen LogP contribution in [0.5, 0.6) is 5.75 Å². The van der Waals surface area contributed by atoms with E-state index in [-0.39, 0.29) is 0 Å². The maximum atomic E-state index is 5.72. The minimum Gasteiger partial charge on any atom is -0.492 e. The van der Waals surface area contributed by atoms with Gasteiger partial charge in [-0.3, -0.25) is 0 Å². The molecule has 1 rings (SSSR count). The van der Waals surface area contributed by atoms with Crippen LogP contribution in [-0.2, 0) is 11.3 Å². The first-order valence-electron chi connectivity index (χ1n) is 6.97. The summed E-state index contributed by atoms with van der Waals surface area (Å²) in [6.45, 7) is 8.33. The Kier molecular flexibility index (Phi) is 8.88. The van der Waals surface area contributed by atoms with E-state index in [0.717, 1.165) is 49.4 Å². The lowest BCUT2D eigenvalue weighted by molar-refractivity contribution is 0.130. The van der Waals surface area contributed by atoms with Gasteiger partial charge in [0.2, 0.25) is 0 Å². The van der Waals surface area contributed by atoms with Crippen LogP contribution in [0.15, 0.2) is 22.7 Å². The van der Waals surface area contributed by atoms with Gasteiger partial charge in [-0.2, -0.15) is 0 Å². The van der Waals surface area contributed by atoms with E-state index in [1.807, 2.05) is 13.0 Å². The molecule has 0 unspecified atom stereocenters. The Balaban J connectivity index is 2.34. The van der Waals surface area contributed by atoms with Gasteiger partial charge in [0.1, 0.15) is 5.75 Å². The largest absolute Gasteiger partial charge is 0.492 e. The second-order valence-corrected chi connectivity index (χ2v) is 5.19. The molecule has 1 aromatic rings. The van der Waals surface area contributed by atoms with Crippen molar-refractivity contribution in [3.05, 3.63) is 28.2 Å². The molecule has 0 saturated heterocycles. The van der Waals surface area contributed by atoms with Crippen LogP contribution in [0.3, 0.4) is 0 Å². The highest BCUT2D eigenvalue weighted by molar-refractivity contribution is 9.10. The standard InChI is InChI=1S/C15H24BrNO2/c1-3-8-17-12-13-6-7-15(14(16)11-13)19-10-5-9-18-4-2/h6-7,11,17H,3-5,8-10,12H2,1-2H3. The SMILES string of the molecule is CCCNCc1ccc(OCCCOCC)c(Br)c1. The van der Waals surface area contributed by atoms with E-state index < -0.39 is 0 Å². The van der Waals surface area contributed by atoms with Gasteiger partial charge in [-0.25, -0.2) is 0 Å². The van der Waals surface area contributed by atoms with Gasteiger partial charge in [0.05, 0.1) is 11.1 Å². The smallest absolute Gasteiger partial charge is 0.133 e. The van der Waals surface area contributed by atoms with Gasteiger partial charge >= 0.3 is 0 Å². The molecule has 0 fully saturated rings. The van der Waals surface area contributed by atoms with E-state index in [1.165, 1.54) is 5.56 Å². The molecule has 0 bridgehead atoms. The van der Waals surface area contributed by atoms with Crippen LogP contribution in [-0.4, -0.2) is 26.4 Å². The quantitative estimate of drug-likeness (QED) is 0.663. The predicted octanol–water partition coefficient (Wildman–Crippen LogP) is 3.75. The van der Waals surface area contributed by atoms with E-state index in [9.17, 15) is 0 Å². The molecule has 0 radical (unpaired) electrons. The van der Waals surface area contributed by atoms with Gasteiger partial charge in [-0.1, -0.05) is 13.0 Å². The fraction of sp³-hybridized carbons (Fsp3) is 0.600. The molecule has 108 valence electrons. The molecule has 0 aliphatic rings. The minimum atomic E-state index is 0.687. The lowest BCUT2D eigenvalue weighted by atomic mass is 10.2. The summed E-state index contributed by atoms with van der Waals surface area (Å²) >= 11 is 3.55. The number of halogens is 1. The fourth-order valence-electron chi connectivity index (χ4n) is 1.67. The average Bonchev–Trinajstić information content (AvgIpc) is 2.41. The number of nitrogens with one attached hydrogen (secondary N) is 1. The lowest BCUT2D eigenvalue weighted by Crippen LogP contribution is -2.13. The van der Waals surface area contributed by atoms with Crippen LogP contribution in [0.1, 0.15) is 32.3 Å². The maximum Gasteiger partial charge on any atom is 0.133 e. The van der Waals surface area contributed by atoms with Crippen molar-refractivity contribution < 1.29 is 9.47 Å². The average molecular weight is 330 g/mol. The molecule has 0 aliphatic heterocycles. The number of benzene rings is 1. The Bertz CT molecular complexity index is 358. The summed E-state index contributed by atoms with van der Waals surface area (Å²) in [6.07, 6.45) is 2.07. The molecule has 0 atom stereocenters. The minimum absolute atomic E-state index is 0.687. The van der Waals surface area contributed by atoms with Crippen LogP contribution >= 0.6 is 15.9 Å². The summed E-state index contributed by atoms with van der Waals surface area (Å²) < 4.78 is 12.0. The zero-order valence-corrected chi connectivity index (χ0v) is 13.5. The first-order chi connectivity index (χ1) is 9.27. The molecule has 0 heterocycles. The highest BCUT2D eigenvalue weighted by atomic mass is 79.9. The Morgan fingerprint density at radius 1 is 1.21 bits per heavy atom. The highest BCUT2D eigenvalue weighted by Gasteiger charge is 2.02. The Labute approximate surface area is 124 Å². The third kappa shape index (κ3) is 6.95. The molecule has 0 aliphatic carbocycles. The van der Waals surface area contributed by atoms with Crippen LogP contribution < -0.4 is 10.1 Å². The first kappa shape index (κ1) is 16.5. The van der Waals surface area contributed by atoms with Gasteiger partial charge in [0, 0.05) is 26.2 Å². The number of rotatable bonds is 10. The Hall–Kier alpha value is -0.580. The van der Waals surface area contributed by atoms with E-state index >= 15 is 0 Å². The van der Waals surface area contributed by atoms with Crippen LogP contribution in [0.4, 0.5) is 0 Å². The van der Waals surface area contributed by atoms with E-state index in [1.54, 1.807) is 0 Å². The van der Waals surface area contributed by atoms with Crippen molar-refractivity contribution in [2.75, 3.05) is 26.4 Å². The summed E-state index contributed by atoms with van der Waals surface area (Å²) in [6, 6.07) is 6.24. The van der Waals surface area contributed by atoms with Gasteiger partial charge in [0.25, 0.3) is 0 Å². The van der Waals surface area contributed by atoms with E-state index in [4.69, 9.17) is 9.47 Å². The van der Waals surface area contributed by atoms with Gasteiger partial charge < -0.3 is 14.8 Å². The molecule has 19 heavy (non-hydrogen) atoms. The number of ether oxygens (including phenoxy) is 2. The molecule has 0 amide bonds. The lowest BCUT2D eigenvalue weighted by Gasteiger charge is -2.10. The summed E-state index contributed by atoms with van der Waals surface area (Å²) in [5, 5.41) is 3.39. The van der Waals surface area contributed by atoms with Gasteiger partial charge in [-0.15, -0.1) is 0 Å². The van der Waals surface area contributed by atoms with Crippen LogP contribution in [0.2, 0.25) is 0 Å². The van der Waals surface area contributed by atoms with E-state index in [2.05, 4.69) is 40.3 Å². The van der Waals surface area contributed by atoms with Crippen molar-refractivity contribution in [2.24, 2.45) is 0 Å². The molecule has 3 nitrogen and oxygen atoms in total. The van der Waals surface area contributed by atoms with Crippen LogP contribution in [0, 0.1) is 0 Å². The van der Waals surface area contributed by atoms with Crippen molar-refractivity contribution in [1.29, 1.82) is 0 Å². The first-order valence-corrected chi connectivity index (χ1v) is 7.77. The van der Waals surface area contributed by atoms with Crippen molar-refractivity contribution >= 4 is 15.9 Å². The predicted molar refractivity (Wildman–Crippen MR) is 82.7 cm³/mol. The molecule has 0 spiro atoms. The summed E-state index contributed by atoms with van der Waals surface area (Å²) in [5.74, 6) is 0.899. The second-order valence-electron chi connectivity index (χ2n) is 4.34. The molecule has 0 aromatic heterocycles. The third-order valence-electron chi connectivity index (χ3n) is 2.65. The molecular formula is C15H24BrNO2. The van der Waals surface area contributed by atoms with E-state index in [0.29, 0.717) is 6.61 Å². The zero-order chi connectivity index (χ0) is 13.9.